The van der Waals surface area contributed by atoms with Crippen molar-refractivity contribution in [1.29, 1.82) is 0 Å². The van der Waals surface area contributed by atoms with Crippen LogP contribution >= 0.6 is 22.9 Å². The Hall–Kier alpha value is -1.76. The molecule has 4 rings (SSSR count). The number of halogens is 1. The van der Waals surface area contributed by atoms with Crippen molar-refractivity contribution < 1.29 is 14.3 Å². The molecule has 5 nitrogen and oxygen atoms in total. The molecule has 0 aliphatic carbocycles. The van der Waals surface area contributed by atoms with E-state index in [-0.39, 0.29) is 5.91 Å². The Morgan fingerprint density at radius 1 is 1.26 bits per heavy atom. The number of carbonyl (C=O) groups is 1. The van der Waals surface area contributed by atoms with Crippen molar-refractivity contribution >= 4 is 34.5 Å². The predicted molar refractivity (Wildman–Crippen MR) is 108 cm³/mol. The molecule has 1 fully saturated rings. The molecular weight excluding hydrogens is 384 g/mol. The summed E-state index contributed by atoms with van der Waals surface area (Å²) in [7, 11) is 0. The molecule has 1 aromatic carbocycles. The van der Waals surface area contributed by atoms with Crippen LogP contribution in [0.5, 0.6) is 11.5 Å². The molecule has 1 saturated heterocycles. The number of nitrogens with one attached hydrogen (secondary N) is 1. The van der Waals surface area contributed by atoms with Gasteiger partial charge in [-0.3, -0.25) is 9.69 Å². The standard InChI is InChI=1S/C20H23ClN2O3S/c1-13-5-6-19(27-13)16-4-2-7-23(16)12-20(24)22-15-11-18-17(10-14(15)21)25-8-3-9-26-18/h5-6,10-11,16H,2-4,7-9,12H2,1H3,(H,22,24). The number of nitrogens with zero attached hydrogens (tertiary/aromatic N) is 1. The number of carbonyl (C=O) groups excluding carboxylic acids is 1. The number of amides is 1. The Kier molecular flexibility index (Phi) is 5.57. The van der Waals surface area contributed by atoms with Crippen LogP contribution in [0.4, 0.5) is 5.69 Å². The summed E-state index contributed by atoms with van der Waals surface area (Å²) in [6.07, 6.45) is 3.03. The molecule has 2 aliphatic heterocycles. The average Bonchev–Trinajstić information content (AvgIpc) is 3.20. The SMILES string of the molecule is Cc1ccc(C2CCCN2CC(=O)Nc2cc3c(cc2Cl)OCCCO3)s1. The largest absolute Gasteiger partial charge is 0.490 e. The second kappa shape index (κ2) is 8.09. The van der Waals surface area contributed by atoms with Gasteiger partial charge >= 0.3 is 0 Å². The number of ether oxygens (including phenoxy) is 2. The normalized spacial score (nSPS) is 19.7. The third kappa shape index (κ3) is 4.23. The maximum absolute atomic E-state index is 12.7. The lowest BCUT2D eigenvalue weighted by atomic mass is 10.2. The van der Waals surface area contributed by atoms with E-state index >= 15 is 0 Å². The summed E-state index contributed by atoms with van der Waals surface area (Å²) in [5.41, 5.74) is 0.564. The molecule has 0 spiro atoms. The molecule has 27 heavy (non-hydrogen) atoms. The topological polar surface area (TPSA) is 50.8 Å². The number of thiophene rings is 1. The minimum Gasteiger partial charge on any atom is -0.490 e. The maximum Gasteiger partial charge on any atom is 0.238 e. The van der Waals surface area contributed by atoms with Crippen LogP contribution in [0.3, 0.4) is 0 Å². The van der Waals surface area contributed by atoms with Gasteiger partial charge in [0.1, 0.15) is 0 Å². The van der Waals surface area contributed by atoms with Crippen molar-refractivity contribution in [1.82, 2.24) is 4.90 Å². The molecule has 144 valence electrons. The van der Waals surface area contributed by atoms with Crippen LogP contribution in [0.2, 0.25) is 5.02 Å². The van der Waals surface area contributed by atoms with Gasteiger partial charge in [-0.15, -0.1) is 11.3 Å². The molecule has 1 amide bonds. The van der Waals surface area contributed by atoms with Gasteiger partial charge in [-0.1, -0.05) is 11.6 Å². The maximum atomic E-state index is 12.7. The third-order valence-electron chi connectivity index (χ3n) is 4.91. The van der Waals surface area contributed by atoms with Crippen LogP contribution in [0, 0.1) is 6.92 Å². The quantitative estimate of drug-likeness (QED) is 0.803. The zero-order chi connectivity index (χ0) is 18.8. The van der Waals surface area contributed by atoms with E-state index in [0.29, 0.717) is 48.0 Å². The summed E-state index contributed by atoms with van der Waals surface area (Å²) in [6.45, 7) is 4.61. The molecule has 1 atom stereocenters. The third-order valence-corrected chi connectivity index (χ3v) is 6.33. The molecule has 0 saturated carbocycles. The van der Waals surface area contributed by atoms with Gasteiger partial charge in [-0.25, -0.2) is 0 Å². The summed E-state index contributed by atoms with van der Waals surface area (Å²) in [5.74, 6) is 1.19. The van der Waals surface area contributed by atoms with Crippen molar-refractivity contribution in [3.05, 3.63) is 39.0 Å². The highest BCUT2D eigenvalue weighted by atomic mass is 35.5. The zero-order valence-electron chi connectivity index (χ0n) is 15.3. The predicted octanol–water partition coefficient (Wildman–Crippen LogP) is 4.65. The van der Waals surface area contributed by atoms with Gasteiger partial charge < -0.3 is 14.8 Å². The summed E-state index contributed by atoms with van der Waals surface area (Å²) in [6, 6.07) is 8.12. The van der Waals surface area contributed by atoms with Gasteiger partial charge in [0.25, 0.3) is 0 Å². The molecule has 0 bridgehead atoms. The first-order chi connectivity index (χ1) is 13.1. The summed E-state index contributed by atoms with van der Waals surface area (Å²) < 4.78 is 11.3. The second-order valence-corrected chi connectivity index (χ2v) is 8.68. The highest BCUT2D eigenvalue weighted by Crippen LogP contribution is 2.38. The van der Waals surface area contributed by atoms with E-state index in [1.807, 2.05) is 11.3 Å². The van der Waals surface area contributed by atoms with Crippen molar-refractivity contribution in [2.75, 3.05) is 31.6 Å². The van der Waals surface area contributed by atoms with E-state index in [9.17, 15) is 4.79 Å². The van der Waals surface area contributed by atoms with Gasteiger partial charge in [0, 0.05) is 34.3 Å². The fourth-order valence-corrected chi connectivity index (χ4v) is 4.87. The van der Waals surface area contributed by atoms with Crippen LogP contribution in [0.1, 0.15) is 35.1 Å². The van der Waals surface area contributed by atoms with Gasteiger partial charge in [-0.2, -0.15) is 0 Å². The molecule has 1 aromatic heterocycles. The van der Waals surface area contributed by atoms with E-state index < -0.39 is 0 Å². The van der Waals surface area contributed by atoms with E-state index in [1.54, 1.807) is 12.1 Å². The lowest BCUT2D eigenvalue weighted by Gasteiger charge is -2.23. The lowest BCUT2D eigenvalue weighted by molar-refractivity contribution is -0.117. The first kappa shape index (κ1) is 18.6. The molecular formula is C20H23ClN2O3S. The number of benzene rings is 1. The Morgan fingerprint density at radius 3 is 2.78 bits per heavy atom. The van der Waals surface area contributed by atoms with E-state index in [1.165, 1.54) is 9.75 Å². The summed E-state index contributed by atoms with van der Waals surface area (Å²) in [5, 5.41) is 3.40. The minimum atomic E-state index is -0.0634. The van der Waals surface area contributed by atoms with Crippen LogP contribution < -0.4 is 14.8 Å². The van der Waals surface area contributed by atoms with E-state index in [2.05, 4.69) is 29.3 Å². The van der Waals surface area contributed by atoms with Crippen molar-refractivity contribution in [2.45, 2.75) is 32.2 Å². The van der Waals surface area contributed by atoms with E-state index in [4.69, 9.17) is 21.1 Å². The Morgan fingerprint density at radius 2 is 2.04 bits per heavy atom. The molecule has 1 N–H and O–H groups in total. The molecule has 3 heterocycles. The number of rotatable bonds is 4. The second-order valence-electron chi connectivity index (χ2n) is 6.95. The Labute approximate surface area is 168 Å². The zero-order valence-corrected chi connectivity index (χ0v) is 16.9. The van der Waals surface area contributed by atoms with Crippen molar-refractivity contribution in [3.63, 3.8) is 0 Å². The molecule has 0 radical (unpaired) electrons. The highest BCUT2D eigenvalue weighted by Gasteiger charge is 2.28. The summed E-state index contributed by atoms with van der Waals surface area (Å²) in [4.78, 5) is 17.6. The molecule has 7 heteroatoms. The molecule has 1 unspecified atom stereocenters. The Balaban J connectivity index is 1.44. The van der Waals surface area contributed by atoms with Gasteiger partial charge in [0.2, 0.25) is 5.91 Å². The number of aryl methyl sites for hydroxylation is 1. The smallest absolute Gasteiger partial charge is 0.238 e. The first-order valence-electron chi connectivity index (χ1n) is 9.29. The number of hydrogen-bond donors (Lipinski definition) is 1. The van der Waals surface area contributed by atoms with Crippen molar-refractivity contribution in [3.8, 4) is 11.5 Å². The summed E-state index contributed by atoms with van der Waals surface area (Å²) >= 11 is 8.16. The minimum absolute atomic E-state index is 0.0634. The van der Waals surface area contributed by atoms with E-state index in [0.717, 1.165) is 25.8 Å². The number of anilines is 1. The monoisotopic (exact) mass is 406 g/mol. The number of hydrogen-bond acceptors (Lipinski definition) is 5. The van der Waals surface area contributed by atoms with Gasteiger partial charge in [-0.05, 0) is 38.4 Å². The highest BCUT2D eigenvalue weighted by molar-refractivity contribution is 7.12. The van der Waals surface area contributed by atoms with Gasteiger partial charge in [0.05, 0.1) is 30.5 Å². The van der Waals surface area contributed by atoms with Crippen LogP contribution in [0.15, 0.2) is 24.3 Å². The fraction of sp³-hybridized carbons (Fsp3) is 0.450. The lowest BCUT2D eigenvalue weighted by Crippen LogP contribution is -2.32. The van der Waals surface area contributed by atoms with Crippen LogP contribution in [-0.4, -0.2) is 37.1 Å². The van der Waals surface area contributed by atoms with Crippen LogP contribution in [-0.2, 0) is 4.79 Å². The fourth-order valence-electron chi connectivity index (χ4n) is 3.62. The average molecular weight is 407 g/mol. The van der Waals surface area contributed by atoms with Crippen molar-refractivity contribution in [2.24, 2.45) is 0 Å². The number of fused-ring (bicyclic) bond motifs is 1. The first-order valence-corrected chi connectivity index (χ1v) is 10.5. The van der Waals surface area contributed by atoms with Crippen LogP contribution in [0.25, 0.3) is 0 Å². The Bertz CT molecular complexity index is 839. The number of likely N-dealkylation sites (tertiary alicyclic amines) is 1. The van der Waals surface area contributed by atoms with Gasteiger partial charge in [0.15, 0.2) is 11.5 Å². The molecule has 2 aliphatic rings. The molecule has 2 aromatic rings.